The summed E-state index contributed by atoms with van der Waals surface area (Å²) >= 11 is 1.85. The van der Waals surface area contributed by atoms with Gasteiger partial charge in [0, 0.05) is 46.4 Å². The molecule has 0 atom stereocenters. The topological polar surface area (TPSA) is 34.0 Å². The van der Waals surface area contributed by atoms with Crippen LogP contribution in [0.1, 0.15) is 15.9 Å². The van der Waals surface area contributed by atoms with E-state index < -0.39 is 0 Å². The van der Waals surface area contributed by atoms with Crippen molar-refractivity contribution in [3.05, 3.63) is 114 Å². The lowest BCUT2D eigenvalue weighted by Crippen LogP contribution is -2.27. The first kappa shape index (κ1) is 20.4. The monoisotopic (exact) mass is 436 g/mol. The van der Waals surface area contributed by atoms with E-state index in [1.165, 1.54) is 21.4 Å². The van der Waals surface area contributed by atoms with E-state index in [4.69, 9.17) is 0 Å². The van der Waals surface area contributed by atoms with Crippen molar-refractivity contribution in [2.45, 2.75) is 17.2 Å². The number of hydrogen-bond acceptors (Lipinski definition) is 2. The number of carbonyl (C=O) groups excluding carboxylic acids is 1. The van der Waals surface area contributed by atoms with Gasteiger partial charge in [-0.05, 0) is 34.5 Å². The Morgan fingerprint density at radius 1 is 0.812 bits per heavy atom. The molecule has 0 fully saturated rings. The minimum absolute atomic E-state index is 0.0362. The van der Waals surface area contributed by atoms with Crippen LogP contribution in [0.4, 0.5) is 0 Å². The van der Waals surface area contributed by atoms with E-state index in [2.05, 4.69) is 70.7 Å². The molecule has 0 aliphatic heterocycles. The molecule has 0 bridgehead atoms. The summed E-state index contributed by atoms with van der Waals surface area (Å²) in [6, 6.07) is 32.9. The SMILES string of the molecule is O=C(NCCn1cc(SCc2ccccc2)c2ccccc21)c1ccc2ccccc2c1. The predicted octanol–water partition coefficient (Wildman–Crippen LogP) is 6.52. The Morgan fingerprint density at radius 2 is 1.56 bits per heavy atom. The second kappa shape index (κ2) is 9.33. The molecule has 5 aromatic rings. The third-order valence-electron chi connectivity index (χ3n) is 5.64. The number of fused-ring (bicyclic) bond motifs is 2. The first-order chi connectivity index (χ1) is 15.8. The van der Waals surface area contributed by atoms with Gasteiger partial charge < -0.3 is 9.88 Å². The van der Waals surface area contributed by atoms with Gasteiger partial charge in [-0.25, -0.2) is 0 Å². The highest BCUT2D eigenvalue weighted by molar-refractivity contribution is 7.98. The largest absolute Gasteiger partial charge is 0.350 e. The van der Waals surface area contributed by atoms with Crippen LogP contribution in [0, 0.1) is 0 Å². The molecule has 0 saturated heterocycles. The molecule has 1 N–H and O–H groups in total. The van der Waals surface area contributed by atoms with Crippen LogP contribution in [0.5, 0.6) is 0 Å². The van der Waals surface area contributed by atoms with E-state index in [1.807, 2.05) is 54.2 Å². The lowest BCUT2D eigenvalue weighted by atomic mass is 10.1. The summed E-state index contributed by atoms with van der Waals surface area (Å²) in [6.07, 6.45) is 2.21. The molecule has 1 heterocycles. The fourth-order valence-electron chi connectivity index (χ4n) is 3.97. The summed E-state index contributed by atoms with van der Waals surface area (Å²) in [6.45, 7) is 1.30. The Kier molecular flexibility index (Phi) is 5.95. The third-order valence-corrected chi connectivity index (χ3v) is 6.75. The molecule has 0 spiro atoms. The zero-order valence-electron chi connectivity index (χ0n) is 17.7. The van der Waals surface area contributed by atoms with Crippen LogP contribution in [0.15, 0.2) is 108 Å². The third kappa shape index (κ3) is 4.41. The van der Waals surface area contributed by atoms with Crippen molar-refractivity contribution in [1.82, 2.24) is 9.88 Å². The minimum Gasteiger partial charge on any atom is -0.350 e. The van der Waals surface area contributed by atoms with Crippen LogP contribution in [0.3, 0.4) is 0 Å². The Hall–Kier alpha value is -3.50. The number of nitrogens with one attached hydrogen (secondary N) is 1. The average molecular weight is 437 g/mol. The number of aromatic nitrogens is 1. The summed E-state index contributed by atoms with van der Waals surface area (Å²) in [7, 11) is 0. The quantitative estimate of drug-likeness (QED) is 0.295. The van der Waals surface area contributed by atoms with E-state index in [-0.39, 0.29) is 5.91 Å². The number of nitrogens with zero attached hydrogens (tertiary/aromatic N) is 1. The van der Waals surface area contributed by atoms with E-state index in [1.54, 1.807) is 0 Å². The lowest BCUT2D eigenvalue weighted by Gasteiger charge is -2.08. The fraction of sp³-hybridized carbons (Fsp3) is 0.107. The summed E-state index contributed by atoms with van der Waals surface area (Å²) in [4.78, 5) is 14.0. The van der Waals surface area contributed by atoms with Crippen molar-refractivity contribution in [2.75, 3.05) is 6.54 Å². The van der Waals surface area contributed by atoms with Gasteiger partial charge in [0.15, 0.2) is 0 Å². The Morgan fingerprint density at radius 3 is 2.44 bits per heavy atom. The number of carbonyl (C=O) groups is 1. The van der Waals surface area contributed by atoms with Crippen LogP contribution in [0.25, 0.3) is 21.7 Å². The maximum atomic E-state index is 12.7. The molecule has 1 aromatic heterocycles. The molecular weight excluding hydrogens is 412 g/mol. The Bertz CT molecular complexity index is 1370. The first-order valence-corrected chi connectivity index (χ1v) is 11.8. The first-order valence-electron chi connectivity index (χ1n) is 10.8. The fourth-order valence-corrected chi connectivity index (χ4v) is 5.02. The number of para-hydroxylation sites is 1. The molecule has 3 nitrogen and oxygen atoms in total. The molecule has 158 valence electrons. The van der Waals surface area contributed by atoms with E-state index in [0.29, 0.717) is 12.1 Å². The molecule has 0 unspecified atom stereocenters. The van der Waals surface area contributed by atoms with Gasteiger partial charge in [-0.2, -0.15) is 0 Å². The molecule has 32 heavy (non-hydrogen) atoms. The number of hydrogen-bond donors (Lipinski definition) is 1. The van der Waals surface area contributed by atoms with Crippen molar-refractivity contribution in [3.8, 4) is 0 Å². The Balaban J connectivity index is 1.27. The highest BCUT2D eigenvalue weighted by Gasteiger charge is 2.10. The van der Waals surface area contributed by atoms with Gasteiger partial charge in [0.1, 0.15) is 0 Å². The Labute approximate surface area is 192 Å². The highest BCUT2D eigenvalue weighted by Crippen LogP contribution is 2.32. The summed E-state index contributed by atoms with van der Waals surface area (Å²) in [5.41, 5.74) is 3.21. The van der Waals surface area contributed by atoms with Crippen molar-refractivity contribution < 1.29 is 4.79 Å². The van der Waals surface area contributed by atoms with Crippen LogP contribution in [0.2, 0.25) is 0 Å². The maximum absolute atomic E-state index is 12.7. The molecule has 4 heteroatoms. The van der Waals surface area contributed by atoms with Crippen LogP contribution in [-0.4, -0.2) is 17.0 Å². The van der Waals surface area contributed by atoms with Crippen molar-refractivity contribution in [3.63, 3.8) is 0 Å². The van der Waals surface area contributed by atoms with E-state index in [9.17, 15) is 4.79 Å². The van der Waals surface area contributed by atoms with Gasteiger partial charge >= 0.3 is 0 Å². The molecule has 0 saturated carbocycles. The normalized spacial score (nSPS) is 11.1. The van der Waals surface area contributed by atoms with E-state index >= 15 is 0 Å². The zero-order valence-corrected chi connectivity index (χ0v) is 18.5. The van der Waals surface area contributed by atoms with Crippen molar-refractivity contribution in [1.29, 1.82) is 0 Å². The minimum atomic E-state index is -0.0362. The van der Waals surface area contributed by atoms with E-state index in [0.717, 1.165) is 23.1 Å². The van der Waals surface area contributed by atoms with Gasteiger partial charge in [-0.15, -0.1) is 11.8 Å². The molecular formula is C28H24N2OS. The van der Waals surface area contributed by atoms with Gasteiger partial charge in [-0.1, -0.05) is 78.9 Å². The molecule has 0 aliphatic carbocycles. The molecule has 4 aromatic carbocycles. The number of rotatable bonds is 7. The van der Waals surface area contributed by atoms with Crippen LogP contribution >= 0.6 is 11.8 Å². The molecule has 5 rings (SSSR count). The maximum Gasteiger partial charge on any atom is 0.251 e. The predicted molar refractivity (Wildman–Crippen MR) is 134 cm³/mol. The molecule has 1 amide bonds. The summed E-state index contributed by atoms with van der Waals surface area (Å²) < 4.78 is 2.24. The summed E-state index contributed by atoms with van der Waals surface area (Å²) in [5, 5.41) is 6.56. The number of benzene rings is 4. The average Bonchev–Trinajstić information content (AvgIpc) is 3.20. The van der Waals surface area contributed by atoms with Gasteiger partial charge in [0.25, 0.3) is 5.91 Å². The summed E-state index contributed by atoms with van der Waals surface area (Å²) in [5.74, 6) is 0.902. The molecule has 0 aliphatic rings. The van der Waals surface area contributed by atoms with Crippen molar-refractivity contribution in [2.24, 2.45) is 0 Å². The number of amides is 1. The smallest absolute Gasteiger partial charge is 0.251 e. The second-order valence-electron chi connectivity index (χ2n) is 7.80. The van der Waals surface area contributed by atoms with Gasteiger partial charge in [0.2, 0.25) is 0 Å². The number of thioether (sulfide) groups is 1. The van der Waals surface area contributed by atoms with Crippen LogP contribution in [-0.2, 0) is 12.3 Å². The van der Waals surface area contributed by atoms with Gasteiger partial charge in [0.05, 0.1) is 0 Å². The van der Waals surface area contributed by atoms with Crippen molar-refractivity contribution >= 4 is 39.3 Å². The standard InChI is InChI=1S/C28H24N2OS/c31-28(24-15-14-22-10-4-5-11-23(22)18-24)29-16-17-30-19-27(25-12-6-7-13-26(25)30)32-20-21-8-2-1-3-9-21/h1-15,18-19H,16-17,20H2,(H,29,31). The van der Waals surface area contributed by atoms with Gasteiger partial charge in [-0.3, -0.25) is 4.79 Å². The highest BCUT2D eigenvalue weighted by atomic mass is 32.2. The lowest BCUT2D eigenvalue weighted by molar-refractivity contribution is 0.0952. The van der Waals surface area contributed by atoms with Crippen LogP contribution < -0.4 is 5.32 Å². The zero-order chi connectivity index (χ0) is 21.8. The second-order valence-corrected chi connectivity index (χ2v) is 8.81. The molecule has 0 radical (unpaired) electrons.